The SMILES string of the molecule is CN(C(=O)Cn1cc(CN)nn1)C1CCC(C)(C)CC1. The minimum atomic E-state index is 0.0863. The Bertz CT molecular complexity index is 458. The molecule has 0 aromatic carbocycles. The molecule has 1 amide bonds. The highest BCUT2D eigenvalue weighted by Crippen LogP contribution is 2.36. The van der Waals surface area contributed by atoms with Crippen LogP contribution in [0.1, 0.15) is 45.2 Å². The van der Waals surface area contributed by atoms with Crippen LogP contribution in [0.2, 0.25) is 0 Å². The molecular weight excluding hydrogens is 254 g/mol. The zero-order chi connectivity index (χ0) is 14.8. The van der Waals surface area contributed by atoms with Crippen LogP contribution >= 0.6 is 0 Å². The first kappa shape index (κ1) is 15.0. The Kier molecular flexibility index (Phi) is 4.42. The number of carbonyl (C=O) groups excluding carboxylic acids is 1. The van der Waals surface area contributed by atoms with Gasteiger partial charge in [0.15, 0.2) is 0 Å². The van der Waals surface area contributed by atoms with Gasteiger partial charge in [0.2, 0.25) is 5.91 Å². The molecule has 0 saturated heterocycles. The van der Waals surface area contributed by atoms with Crippen molar-refractivity contribution in [2.75, 3.05) is 7.05 Å². The first-order valence-corrected chi connectivity index (χ1v) is 7.26. The second-order valence-electron chi connectivity index (χ2n) is 6.51. The molecule has 6 nitrogen and oxygen atoms in total. The summed E-state index contributed by atoms with van der Waals surface area (Å²) in [4.78, 5) is 14.2. The highest BCUT2D eigenvalue weighted by molar-refractivity contribution is 5.75. The molecule has 2 rings (SSSR count). The van der Waals surface area contributed by atoms with E-state index in [1.54, 1.807) is 10.9 Å². The molecule has 112 valence electrons. The first-order valence-electron chi connectivity index (χ1n) is 7.26. The molecule has 0 atom stereocenters. The Hall–Kier alpha value is -1.43. The summed E-state index contributed by atoms with van der Waals surface area (Å²) in [6.45, 7) is 5.19. The summed E-state index contributed by atoms with van der Waals surface area (Å²) in [6.07, 6.45) is 6.25. The molecule has 1 saturated carbocycles. The van der Waals surface area contributed by atoms with Crippen LogP contribution in [0, 0.1) is 5.41 Å². The third-order valence-corrected chi connectivity index (χ3v) is 4.34. The van der Waals surface area contributed by atoms with Crippen molar-refractivity contribution in [2.24, 2.45) is 11.1 Å². The normalized spacial score (nSPS) is 19.0. The van der Waals surface area contributed by atoms with Gasteiger partial charge >= 0.3 is 0 Å². The molecule has 1 aliphatic carbocycles. The predicted octanol–water partition coefficient (Wildman–Crippen LogP) is 1.16. The van der Waals surface area contributed by atoms with Crippen molar-refractivity contribution in [3.8, 4) is 0 Å². The van der Waals surface area contributed by atoms with E-state index in [2.05, 4.69) is 24.2 Å². The van der Waals surface area contributed by atoms with E-state index in [1.807, 2.05) is 11.9 Å². The van der Waals surface area contributed by atoms with Gasteiger partial charge in [0.25, 0.3) is 0 Å². The van der Waals surface area contributed by atoms with Crippen molar-refractivity contribution in [3.63, 3.8) is 0 Å². The Morgan fingerprint density at radius 1 is 1.50 bits per heavy atom. The third-order valence-electron chi connectivity index (χ3n) is 4.34. The van der Waals surface area contributed by atoms with Gasteiger partial charge in [-0.05, 0) is 31.1 Å². The van der Waals surface area contributed by atoms with Crippen molar-refractivity contribution >= 4 is 5.91 Å². The lowest BCUT2D eigenvalue weighted by atomic mass is 9.75. The van der Waals surface area contributed by atoms with Gasteiger partial charge in [0.05, 0.1) is 11.9 Å². The molecule has 0 aliphatic heterocycles. The summed E-state index contributed by atoms with van der Waals surface area (Å²) in [7, 11) is 1.89. The van der Waals surface area contributed by atoms with E-state index < -0.39 is 0 Å². The maximum Gasteiger partial charge on any atom is 0.244 e. The third kappa shape index (κ3) is 3.56. The fraction of sp³-hybridized carbons (Fsp3) is 0.786. The maximum absolute atomic E-state index is 12.3. The fourth-order valence-electron chi connectivity index (χ4n) is 2.73. The Labute approximate surface area is 120 Å². The minimum Gasteiger partial charge on any atom is -0.341 e. The van der Waals surface area contributed by atoms with E-state index in [-0.39, 0.29) is 12.5 Å². The second-order valence-corrected chi connectivity index (χ2v) is 6.51. The van der Waals surface area contributed by atoms with Gasteiger partial charge in [-0.1, -0.05) is 19.1 Å². The molecule has 1 aromatic heterocycles. The number of hydrogen-bond acceptors (Lipinski definition) is 4. The lowest BCUT2D eigenvalue weighted by Crippen LogP contribution is -2.42. The van der Waals surface area contributed by atoms with Crippen LogP contribution in [0.15, 0.2) is 6.20 Å². The molecule has 6 heteroatoms. The Morgan fingerprint density at radius 2 is 2.15 bits per heavy atom. The molecule has 0 spiro atoms. The van der Waals surface area contributed by atoms with Crippen molar-refractivity contribution < 1.29 is 4.79 Å². The molecular formula is C14H25N5O. The summed E-state index contributed by atoms with van der Waals surface area (Å²) >= 11 is 0. The smallest absolute Gasteiger partial charge is 0.244 e. The zero-order valence-corrected chi connectivity index (χ0v) is 12.7. The first-order chi connectivity index (χ1) is 9.41. The number of likely N-dealkylation sites (N-methyl/N-ethyl adjacent to an activating group) is 1. The molecule has 20 heavy (non-hydrogen) atoms. The average molecular weight is 279 g/mol. The van der Waals surface area contributed by atoms with Crippen LogP contribution < -0.4 is 5.73 Å². The molecule has 0 radical (unpaired) electrons. The summed E-state index contributed by atoms with van der Waals surface area (Å²) in [5.41, 5.74) is 6.61. The number of nitrogens with two attached hydrogens (primary N) is 1. The molecule has 0 bridgehead atoms. The van der Waals surface area contributed by atoms with E-state index in [0.717, 1.165) is 12.8 Å². The largest absolute Gasteiger partial charge is 0.341 e. The standard InChI is InChI=1S/C14H25N5O/c1-14(2)6-4-12(5-7-14)18(3)13(20)10-19-9-11(8-15)16-17-19/h9,12H,4-8,10,15H2,1-3H3. The summed E-state index contributed by atoms with van der Waals surface area (Å²) in [5, 5.41) is 7.81. The predicted molar refractivity (Wildman–Crippen MR) is 76.7 cm³/mol. The van der Waals surface area contributed by atoms with E-state index in [0.29, 0.717) is 23.7 Å². The molecule has 1 aliphatic rings. The zero-order valence-electron chi connectivity index (χ0n) is 12.7. The second kappa shape index (κ2) is 5.91. The number of nitrogens with zero attached hydrogens (tertiary/aromatic N) is 4. The van der Waals surface area contributed by atoms with E-state index in [9.17, 15) is 4.79 Å². The molecule has 1 fully saturated rings. The van der Waals surface area contributed by atoms with Gasteiger partial charge in [-0.2, -0.15) is 0 Å². The number of hydrogen-bond donors (Lipinski definition) is 1. The van der Waals surface area contributed by atoms with Crippen molar-refractivity contribution in [1.29, 1.82) is 0 Å². The average Bonchev–Trinajstić information content (AvgIpc) is 2.85. The lowest BCUT2D eigenvalue weighted by molar-refractivity contribution is -0.133. The lowest BCUT2D eigenvalue weighted by Gasteiger charge is -2.38. The maximum atomic E-state index is 12.3. The number of aromatic nitrogens is 3. The van der Waals surface area contributed by atoms with Crippen molar-refractivity contribution in [3.05, 3.63) is 11.9 Å². The minimum absolute atomic E-state index is 0.0863. The molecule has 1 heterocycles. The summed E-state index contributed by atoms with van der Waals surface area (Å²) in [5.74, 6) is 0.0863. The van der Waals surface area contributed by atoms with Gasteiger partial charge < -0.3 is 10.6 Å². The number of amides is 1. The van der Waals surface area contributed by atoms with E-state index in [4.69, 9.17) is 5.73 Å². The molecule has 1 aromatic rings. The highest BCUT2D eigenvalue weighted by Gasteiger charge is 2.30. The molecule has 2 N–H and O–H groups in total. The quantitative estimate of drug-likeness (QED) is 0.897. The van der Waals surface area contributed by atoms with Crippen molar-refractivity contribution in [2.45, 2.75) is 58.7 Å². The van der Waals surface area contributed by atoms with Crippen molar-refractivity contribution in [1.82, 2.24) is 19.9 Å². The van der Waals surface area contributed by atoms with Gasteiger partial charge in [-0.3, -0.25) is 4.79 Å². The summed E-state index contributed by atoms with van der Waals surface area (Å²) in [6, 6.07) is 0.355. The van der Waals surface area contributed by atoms with E-state index >= 15 is 0 Å². The Balaban J connectivity index is 1.89. The highest BCUT2D eigenvalue weighted by atomic mass is 16.2. The van der Waals surface area contributed by atoms with Gasteiger partial charge in [0, 0.05) is 19.6 Å². The van der Waals surface area contributed by atoms with Gasteiger partial charge in [-0.15, -0.1) is 5.10 Å². The van der Waals surface area contributed by atoms with Crippen LogP contribution in [0.3, 0.4) is 0 Å². The number of rotatable bonds is 4. The van der Waals surface area contributed by atoms with Crippen LogP contribution in [0.4, 0.5) is 0 Å². The van der Waals surface area contributed by atoms with Crippen LogP contribution in [-0.4, -0.2) is 38.9 Å². The topological polar surface area (TPSA) is 77.0 Å². The Morgan fingerprint density at radius 3 is 2.70 bits per heavy atom. The van der Waals surface area contributed by atoms with Crippen LogP contribution in [0.5, 0.6) is 0 Å². The number of carbonyl (C=O) groups is 1. The van der Waals surface area contributed by atoms with Gasteiger partial charge in [0.1, 0.15) is 6.54 Å². The molecule has 0 unspecified atom stereocenters. The van der Waals surface area contributed by atoms with Crippen LogP contribution in [-0.2, 0) is 17.9 Å². The van der Waals surface area contributed by atoms with Gasteiger partial charge in [-0.25, -0.2) is 4.68 Å². The fourth-order valence-corrected chi connectivity index (χ4v) is 2.73. The van der Waals surface area contributed by atoms with E-state index in [1.165, 1.54) is 12.8 Å². The summed E-state index contributed by atoms with van der Waals surface area (Å²) < 4.78 is 1.56. The van der Waals surface area contributed by atoms with Crippen LogP contribution in [0.25, 0.3) is 0 Å². The monoisotopic (exact) mass is 279 g/mol.